The first-order valence-electron chi connectivity index (χ1n) is 2.88. The van der Waals surface area contributed by atoms with Crippen molar-refractivity contribution in [2.75, 3.05) is 0 Å². The molecule has 0 amide bonds. The zero-order valence-electron chi connectivity index (χ0n) is 4.55. The maximum absolute atomic E-state index is 5.06. The molecule has 0 spiro atoms. The molecule has 2 heteroatoms. The van der Waals surface area contributed by atoms with Crippen LogP contribution >= 0.6 is 0 Å². The molecule has 8 heavy (non-hydrogen) atoms. The Hall–Kier alpha value is -0.790. The van der Waals surface area contributed by atoms with Crippen molar-refractivity contribution in [2.24, 2.45) is 0 Å². The lowest BCUT2D eigenvalue weighted by Gasteiger charge is -1.76. The van der Waals surface area contributed by atoms with E-state index in [1.165, 1.54) is 18.5 Å². The molecule has 0 saturated heterocycles. The Morgan fingerprint density at radius 1 is 1.50 bits per heavy atom. The van der Waals surface area contributed by atoms with Crippen LogP contribution in [0, 0.1) is 0 Å². The van der Waals surface area contributed by atoms with E-state index in [9.17, 15) is 0 Å². The van der Waals surface area contributed by atoms with Gasteiger partial charge in [-0.05, 0) is 12.8 Å². The minimum Gasteiger partial charge on any atom is -0.448 e. The van der Waals surface area contributed by atoms with E-state index in [0.29, 0.717) is 0 Å². The van der Waals surface area contributed by atoms with Gasteiger partial charge in [-0.2, -0.15) is 0 Å². The van der Waals surface area contributed by atoms with Crippen molar-refractivity contribution in [1.82, 2.24) is 4.98 Å². The van der Waals surface area contributed by atoms with Gasteiger partial charge in [0.05, 0.1) is 5.69 Å². The fraction of sp³-hybridized carbons (Fsp3) is 0.500. The molecule has 1 aromatic rings. The van der Waals surface area contributed by atoms with E-state index in [0.717, 1.165) is 18.6 Å². The Morgan fingerprint density at radius 3 is 3.38 bits per heavy atom. The Balaban J connectivity index is 2.54. The van der Waals surface area contributed by atoms with Crippen molar-refractivity contribution in [1.29, 1.82) is 0 Å². The van der Waals surface area contributed by atoms with Gasteiger partial charge >= 0.3 is 0 Å². The molecule has 0 unspecified atom stereocenters. The molecule has 0 fully saturated rings. The summed E-state index contributed by atoms with van der Waals surface area (Å²) in [6, 6.07) is 0. The van der Waals surface area contributed by atoms with Gasteiger partial charge in [-0.1, -0.05) is 0 Å². The van der Waals surface area contributed by atoms with E-state index >= 15 is 0 Å². The van der Waals surface area contributed by atoms with Crippen molar-refractivity contribution in [2.45, 2.75) is 19.3 Å². The highest BCUT2D eigenvalue weighted by Crippen LogP contribution is 2.18. The summed E-state index contributed by atoms with van der Waals surface area (Å²) in [5.74, 6) is 1.10. The smallest absolute Gasteiger partial charge is 0.181 e. The molecule has 2 nitrogen and oxygen atoms in total. The number of hydrogen-bond donors (Lipinski definition) is 0. The molecule has 0 atom stereocenters. The summed E-state index contributed by atoms with van der Waals surface area (Å²) in [6.45, 7) is 0. The second-order valence-corrected chi connectivity index (χ2v) is 2.08. The molecular weight excluding hydrogens is 102 g/mol. The number of aryl methyl sites for hydroxylation is 2. The third-order valence-corrected chi connectivity index (χ3v) is 1.54. The highest BCUT2D eigenvalue weighted by Gasteiger charge is 2.13. The van der Waals surface area contributed by atoms with Crippen molar-refractivity contribution in [3.05, 3.63) is 17.8 Å². The summed E-state index contributed by atoms with van der Waals surface area (Å²) in [4.78, 5) is 4.03. The normalized spacial score (nSPS) is 16.5. The minimum atomic E-state index is 1.09. The van der Waals surface area contributed by atoms with Crippen LogP contribution in [0.25, 0.3) is 0 Å². The van der Waals surface area contributed by atoms with E-state index in [-0.39, 0.29) is 0 Å². The Bertz CT molecular complexity index is 174. The van der Waals surface area contributed by atoms with E-state index in [1.54, 1.807) is 0 Å². The molecule has 1 aliphatic carbocycles. The van der Waals surface area contributed by atoms with Gasteiger partial charge in [0.1, 0.15) is 5.76 Å². The van der Waals surface area contributed by atoms with Gasteiger partial charge in [0.15, 0.2) is 6.39 Å². The Labute approximate surface area is 47.5 Å². The first-order valence-corrected chi connectivity index (χ1v) is 2.88. The Kier molecular flexibility index (Phi) is 0.692. The first-order chi connectivity index (χ1) is 3.97. The highest BCUT2D eigenvalue weighted by molar-refractivity contribution is 5.12. The zero-order valence-corrected chi connectivity index (χ0v) is 4.55. The van der Waals surface area contributed by atoms with Crippen LogP contribution in [0.15, 0.2) is 10.8 Å². The van der Waals surface area contributed by atoms with Gasteiger partial charge in [-0.3, -0.25) is 0 Å². The predicted octanol–water partition coefficient (Wildman–Crippen LogP) is 1.16. The second kappa shape index (κ2) is 1.34. The fourth-order valence-electron chi connectivity index (χ4n) is 1.12. The van der Waals surface area contributed by atoms with E-state index in [2.05, 4.69) is 4.98 Å². The molecule has 1 heterocycles. The molecule has 0 N–H and O–H groups in total. The standard InChI is InChI=1S/C6H7NO/c1-2-5-6(3-1)8-4-7-5/h4H,1-3H2. The summed E-state index contributed by atoms with van der Waals surface area (Å²) >= 11 is 0. The van der Waals surface area contributed by atoms with Crippen molar-refractivity contribution in [3.8, 4) is 0 Å². The van der Waals surface area contributed by atoms with Gasteiger partial charge in [0.2, 0.25) is 0 Å². The SMILES string of the molecule is c1nc2c(o1)CCC2. The predicted molar refractivity (Wildman–Crippen MR) is 28.5 cm³/mol. The van der Waals surface area contributed by atoms with Crippen LogP contribution in [0.5, 0.6) is 0 Å². The van der Waals surface area contributed by atoms with E-state index < -0.39 is 0 Å². The number of aromatic nitrogens is 1. The monoisotopic (exact) mass is 109 g/mol. The third kappa shape index (κ3) is 0.399. The maximum atomic E-state index is 5.06. The number of rotatable bonds is 0. The zero-order chi connectivity index (χ0) is 5.40. The molecule has 0 saturated carbocycles. The molecule has 1 aliphatic rings. The lowest BCUT2D eigenvalue weighted by molar-refractivity contribution is 0.508. The van der Waals surface area contributed by atoms with Crippen LogP contribution < -0.4 is 0 Å². The summed E-state index contributed by atoms with van der Waals surface area (Å²) < 4.78 is 5.06. The van der Waals surface area contributed by atoms with Gasteiger partial charge in [0, 0.05) is 6.42 Å². The molecule has 0 aromatic carbocycles. The molecule has 1 aromatic heterocycles. The summed E-state index contributed by atoms with van der Waals surface area (Å²) in [5.41, 5.74) is 1.17. The van der Waals surface area contributed by atoms with Gasteiger partial charge in [0.25, 0.3) is 0 Å². The van der Waals surface area contributed by atoms with Gasteiger partial charge in [-0.25, -0.2) is 4.98 Å². The number of hydrogen-bond acceptors (Lipinski definition) is 2. The largest absolute Gasteiger partial charge is 0.448 e. The van der Waals surface area contributed by atoms with Crippen molar-refractivity contribution >= 4 is 0 Å². The molecule has 42 valence electrons. The van der Waals surface area contributed by atoms with Crippen LogP contribution in [0.1, 0.15) is 17.9 Å². The summed E-state index contributed by atoms with van der Waals surface area (Å²) in [5, 5.41) is 0. The van der Waals surface area contributed by atoms with Crippen LogP contribution in [0.3, 0.4) is 0 Å². The molecule has 2 rings (SSSR count). The lowest BCUT2D eigenvalue weighted by atomic mass is 10.4. The molecule has 0 aliphatic heterocycles. The van der Waals surface area contributed by atoms with Gasteiger partial charge < -0.3 is 4.42 Å². The quantitative estimate of drug-likeness (QED) is 0.499. The summed E-state index contributed by atoms with van der Waals surface area (Å²) in [7, 11) is 0. The summed E-state index contributed by atoms with van der Waals surface area (Å²) in [6.07, 6.45) is 4.97. The molecule has 0 bridgehead atoms. The topological polar surface area (TPSA) is 26.0 Å². The van der Waals surface area contributed by atoms with Crippen LogP contribution in [-0.2, 0) is 12.8 Å². The van der Waals surface area contributed by atoms with Crippen molar-refractivity contribution < 1.29 is 4.42 Å². The third-order valence-electron chi connectivity index (χ3n) is 1.54. The van der Waals surface area contributed by atoms with Crippen LogP contribution in [0.2, 0.25) is 0 Å². The van der Waals surface area contributed by atoms with E-state index in [4.69, 9.17) is 4.42 Å². The fourth-order valence-corrected chi connectivity index (χ4v) is 1.12. The second-order valence-electron chi connectivity index (χ2n) is 2.08. The highest BCUT2D eigenvalue weighted by atomic mass is 16.3. The van der Waals surface area contributed by atoms with Crippen LogP contribution in [0.4, 0.5) is 0 Å². The Morgan fingerprint density at radius 2 is 2.50 bits per heavy atom. The molecular formula is C6H7NO. The maximum Gasteiger partial charge on any atom is 0.181 e. The molecule has 0 radical (unpaired) electrons. The van der Waals surface area contributed by atoms with E-state index in [1.807, 2.05) is 0 Å². The average Bonchev–Trinajstić information content (AvgIpc) is 2.15. The number of nitrogens with zero attached hydrogens (tertiary/aromatic N) is 1. The minimum absolute atomic E-state index is 1.09. The number of oxazole rings is 1. The lowest BCUT2D eigenvalue weighted by Crippen LogP contribution is -1.73. The first kappa shape index (κ1) is 4.13. The van der Waals surface area contributed by atoms with Crippen LogP contribution in [-0.4, -0.2) is 4.98 Å². The average molecular weight is 109 g/mol. The van der Waals surface area contributed by atoms with Crippen molar-refractivity contribution in [3.63, 3.8) is 0 Å². The van der Waals surface area contributed by atoms with Gasteiger partial charge in [-0.15, -0.1) is 0 Å². The number of fused-ring (bicyclic) bond motifs is 1.